The maximum Gasteiger partial charge on any atom is 1.00 e. The zero-order valence-corrected chi connectivity index (χ0v) is 14.0. The van der Waals surface area contributed by atoms with Gasteiger partial charge in [-0.3, -0.25) is 0 Å². The molecule has 0 fully saturated rings. The molecule has 0 atom stereocenters. The van der Waals surface area contributed by atoms with Crippen LogP contribution in [0.5, 0.6) is 0 Å². The average molecular weight is 386 g/mol. The fourth-order valence-electron chi connectivity index (χ4n) is 1.57. The van der Waals surface area contributed by atoms with E-state index in [9.17, 15) is 9.90 Å². The topological polar surface area (TPSA) is 40.1 Å². The van der Waals surface area contributed by atoms with Gasteiger partial charge in [0.1, 0.15) is 0 Å². The second kappa shape index (κ2) is 4.75. The number of carbonyl (C=O) groups excluding carboxylic acids is 1. The number of fused-ring (bicyclic) bond motifs is 1. The Bertz CT molecular complexity index is 506. The van der Waals surface area contributed by atoms with Crippen LogP contribution in [0.4, 0.5) is 0 Å². The monoisotopic (exact) mass is 387 g/mol. The molecule has 2 aromatic rings. The Labute approximate surface area is 108 Å². The summed E-state index contributed by atoms with van der Waals surface area (Å²) in [5.41, 5.74) is 1.37. The summed E-state index contributed by atoms with van der Waals surface area (Å²) in [5.74, 6) is -1.13. The van der Waals surface area contributed by atoms with E-state index in [2.05, 4.69) is 0 Å². The number of hydrogen-bond donors (Lipinski definition) is 0. The van der Waals surface area contributed by atoms with E-state index in [1.807, 2.05) is 31.2 Å². The molecule has 0 aromatic heterocycles. The van der Waals surface area contributed by atoms with E-state index in [4.69, 9.17) is 0 Å². The first-order valence-electron chi connectivity index (χ1n) is 4.39. The molecule has 0 spiro atoms. The standard InChI is InChI=1S/C12H10O2.Hg/c1-8-3-2-4-9-7-10(12(13)14)5-6-11(8)9;/h2-7H,1H3,(H,13,14);/q;+1/p-1. The summed E-state index contributed by atoms with van der Waals surface area (Å²) in [6.07, 6.45) is 0. The molecule has 2 rings (SSSR count). The van der Waals surface area contributed by atoms with Gasteiger partial charge in [-0.05, 0) is 34.9 Å². The van der Waals surface area contributed by atoms with Crippen LogP contribution in [0.2, 0.25) is 0 Å². The molecule has 0 heterocycles. The Hall–Kier alpha value is -0.895. The van der Waals surface area contributed by atoms with E-state index < -0.39 is 5.97 Å². The predicted octanol–water partition coefficient (Wildman–Crippen LogP) is 1.51. The summed E-state index contributed by atoms with van der Waals surface area (Å²) >= 11 is 0. The first kappa shape index (κ1) is 12.2. The molecule has 0 amide bonds. The van der Waals surface area contributed by atoms with Gasteiger partial charge < -0.3 is 9.90 Å². The van der Waals surface area contributed by atoms with Crippen molar-refractivity contribution in [1.82, 2.24) is 0 Å². The van der Waals surface area contributed by atoms with Crippen molar-refractivity contribution in [3.8, 4) is 0 Å². The second-order valence-electron chi connectivity index (χ2n) is 3.30. The van der Waals surface area contributed by atoms with Crippen molar-refractivity contribution in [1.29, 1.82) is 0 Å². The molecule has 0 unspecified atom stereocenters. The maximum absolute atomic E-state index is 10.6. The van der Waals surface area contributed by atoms with E-state index in [1.165, 1.54) is 0 Å². The molecule has 0 aliphatic rings. The summed E-state index contributed by atoms with van der Waals surface area (Å²) in [6.45, 7) is 2.00. The van der Waals surface area contributed by atoms with Crippen molar-refractivity contribution >= 4 is 16.7 Å². The zero-order valence-electron chi connectivity index (χ0n) is 8.49. The number of rotatable bonds is 1. The fraction of sp³-hybridized carbons (Fsp3) is 0.0833. The van der Waals surface area contributed by atoms with Crippen LogP contribution in [0.15, 0.2) is 36.4 Å². The van der Waals surface area contributed by atoms with Crippen LogP contribution in [-0.4, -0.2) is 5.97 Å². The summed E-state index contributed by atoms with van der Waals surface area (Å²) in [5, 5.41) is 12.6. The van der Waals surface area contributed by atoms with Crippen LogP contribution < -0.4 is 5.11 Å². The molecule has 0 aliphatic carbocycles. The SMILES string of the molecule is Cc1cccc2cc(C(=O)[O-])ccc12.[Hg+]. The van der Waals surface area contributed by atoms with Gasteiger partial charge in [0.2, 0.25) is 0 Å². The minimum Gasteiger partial charge on any atom is -0.545 e. The quantitative estimate of drug-likeness (QED) is 0.698. The van der Waals surface area contributed by atoms with Crippen LogP contribution in [0.25, 0.3) is 10.8 Å². The molecular weight excluding hydrogens is 377 g/mol. The van der Waals surface area contributed by atoms with Gasteiger partial charge in [-0.2, -0.15) is 0 Å². The van der Waals surface area contributed by atoms with Gasteiger partial charge in [0.05, 0.1) is 5.97 Å². The summed E-state index contributed by atoms with van der Waals surface area (Å²) in [6, 6.07) is 10.8. The van der Waals surface area contributed by atoms with Crippen LogP contribution in [0.1, 0.15) is 15.9 Å². The van der Waals surface area contributed by atoms with Gasteiger partial charge in [0.15, 0.2) is 0 Å². The molecule has 15 heavy (non-hydrogen) atoms. The third-order valence-electron chi connectivity index (χ3n) is 2.33. The van der Waals surface area contributed by atoms with Crippen molar-refractivity contribution < 1.29 is 37.6 Å². The van der Waals surface area contributed by atoms with E-state index in [-0.39, 0.29) is 33.2 Å². The van der Waals surface area contributed by atoms with Gasteiger partial charge in [-0.1, -0.05) is 30.3 Å². The Morgan fingerprint density at radius 2 is 1.93 bits per heavy atom. The molecule has 1 radical (unpaired) electrons. The van der Waals surface area contributed by atoms with E-state index in [1.54, 1.807) is 12.1 Å². The van der Waals surface area contributed by atoms with E-state index in [0.717, 1.165) is 16.3 Å². The molecule has 2 aromatic carbocycles. The molecule has 0 saturated heterocycles. The number of carbonyl (C=O) groups is 1. The number of aryl methyl sites for hydroxylation is 1. The molecule has 0 bridgehead atoms. The van der Waals surface area contributed by atoms with Crippen molar-refractivity contribution in [3.63, 3.8) is 0 Å². The van der Waals surface area contributed by atoms with Crippen molar-refractivity contribution in [2.75, 3.05) is 0 Å². The molecule has 0 N–H and O–H groups in total. The van der Waals surface area contributed by atoms with Crippen LogP contribution in [0, 0.1) is 6.92 Å². The predicted molar refractivity (Wildman–Crippen MR) is 53.0 cm³/mol. The number of carboxylic acid groups (broad SMARTS) is 1. The minimum absolute atomic E-state index is 0. The number of benzene rings is 2. The number of hydrogen-bond acceptors (Lipinski definition) is 2. The molecule has 0 saturated carbocycles. The average Bonchev–Trinajstić information content (AvgIpc) is 2.17. The number of carboxylic acids is 1. The molecule has 0 aliphatic heterocycles. The van der Waals surface area contributed by atoms with E-state index in [0.29, 0.717) is 0 Å². The Kier molecular flexibility index (Phi) is 3.86. The van der Waals surface area contributed by atoms with Gasteiger partial charge in [-0.25, -0.2) is 0 Å². The summed E-state index contributed by atoms with van der Waals surface area (Å²) in [7, 11) is 0. The molecule has 71 valence electrons. The van der Waals surface area contributed by atoms with Gasteiger partial charge >= 0.3 is 27.7 Å². The number of aromatic carboxylic acids is 1. The zero-order chi connectivity index (χ0) is 10.1. The normalized spacial score (nSPS) is 9.67. The first-order valence-corrected chi connectivity index (χ1v) is 4.39. The van der Waals surface area contributed by atoms with Gasteiger partial charge in [0.25, 0.3) is 0 Å². The van der Waals surface area contributed by atoms with Crippen LogP contribution in [0.3, 0.4) is 0 Å². The summed E-state index contributed by atoms with van der Waals surface area (Å²) in [4.78, 5) is 10.6. The van der Waals surface area contributed by atoms with Crippen molar-refractivity contribution in [3.05, 3.63) is 47.5 Å². The van der Waals surface area contributed by atoms with Gasteiger partial charge in [0, 0.05) is 0 Å². The Balaban J connectivity index is 0.00000112. The molecule has 3 heteroatoms. The maximum atomic E-state index is 10.6. The first-order chi connectivity index (χ1) is 6.68. The Morgan fingerprint density at radius 1 is 1.20 bits per heavy atom. The molecule has 2 nitrogen and oxygen atoms in total. The fourth-order valence-corrected chi connectivity index (χ4v) is 1.57. The minimum atomic E-state index is -1.13. The van der Waals surface area contributed by atoms with Crippen LogP contribution >= 0.6 is 0 Å². The second-order valence-corrected chi connectivity index (χ2v) is 3.30. The van der Waals surface area contributed by atoms with Crippen LogP contribution in [-0.2, 0) is 27.7 Å². The summed E-state index contributed by atoms with van der Waals surface area (Å²) < 4.78 is 0. The van der Waals surface area contributed by atoms with Crippen molar-refractivity contribution in [2.45, 2.75) is 6.92 Å². The third-order valence-corrected chi connectivity index (χ3v) is 2.33. The van der Waals surface area contributed by atoms with Gasteiger partial charge in [-0.15, -0.1) is 0 Å². The smallest absolute Gasteiger partial charge is 0.545 e. The Morgan fingerprint density at radius 3 is 2.60 bits per heavy atom. The van der Waals surface area contributed by atoms with Crippen molar-refractivity contribution in [2.24, 2.45) is 0 Å². The molecular formula is C12H9HgO2. The van der Waals surface area contributed by atoms with E-state index >= 15 is 0 Å². The third kappa shape index (κ3) is 2.37. The largest absolute Gasteiger partial charge is 1.00 e.